The van der Waals surface area contributed by atoms with Crippen LogP contribution in [0.4, 0.5) is 0 Å². The molecule has 0 saturated heterocycles. The van der Waals surface area contributed by atoms with E-state index in [4.69, 9.17) is 11.6 Å². The van der Waals surface area contributed by atoms with Crippen molar-refractivity contribution in [3.05, 3.63) is 23.9 Å². The van der Waals surface area contributed by atoms with Crippen molar-refractivity contribution in [1.29, 1.82) is 0 Å². The Morgan fingerprint density at radius 3 is 3.17 bits per heavy atom. The Labute approximate surface area is 76.2 Å². The van der Waals surface area contributed by atoms with E-state index >= 15 is 0 Å². The summed E-state index contributed by atoms with van der Waals surface area (Å²) < 4.78 is 4.55. The lowest BCUT2D eigenvalue weighted by atomic mass is 10.2. The molecule has 0 fully saturated rings. The molecule has 12 heavy (non-hydrogen) atoms. The smallest absolute Gasteiger partial charge is 0.339 e. The first kappa shape index (κ1) is 9.13. The first-order chi connectivity index (χ1) is 5.77. The summed E-state index contributed by atoms with van der Waals surface area (Å²) in [5.74, 6) is -0.332. The van der Waals surface area contributed by atoms with E-state index in [1.807, 2.05) is 11.0 Å². The molecule has 66 valence electrons. The van der Waals surface area contributed by atoms with Crippen LogP contribution < -0.4 is 0 Å². The predicted molar refractivity (Wildman–Crippen MR) is 46.7 cm³/mol. The highest BCUT2D eigenvalue weighted by Crippen LogP contribution is 2.09. The molecule has 0 unspecified atom stereocenters. The molecule has 0 radical (unpaired) electrons. The van der Waals surface area contributed by atoms with Crippen LogP contribution in [0.5, 0.6) is 0 Å². The van der Waals surface area contributed by atoms with Crippen LogP contribution in [0.25, 0.3) is 0 Å². The molecule has 1 aliphatic heterocycles. The van der Waals surface area contributed by atoms with Crippen molar-refractivity contribution in [2.75, 3.05) is 19.7 Å². The summed E-state index contributed by atoms with van der Waals surface area (Å²) >= 11 is 5.59. The normalized spacial score (nSPS) is 15.8. The van der Waals surface area contributed by atoms with E-state index in [1.54, 1.807) is 12.3 Å². The van der Waals surface area contributed by atoms with Crippen LogP contribution >= 0.6 is 11.6 Å². The molecular formula is C8H10ClNO2. The Hall–Kier alpha value is -0.960. The van der Waals surface area contributed by atoms with Gasteiger partial charge in [0.15, 0.2) is 0 Å². The summed E-state index contributed by atoms with van der Waals surface area (Å²) in [6, 6.07) is 0.380. The number of hydrogen-bond donors (Lipinski definition) is 0. The van der Waals surface area contributed by atoms with Crippen LogP contribution in [0.2, 0.25) is 0 Å². The molecule has 1 heterocycles. The van der Waals surface area contributed by atoms with Crippen LogP contribution in [0.15, 0.2) is 23.9 Å². The molecule has 0 spiro atoms. The Balaban J connectivity index is 2.69. The molecule has 0 amide bonds. The second kappa shape index (κ2) is 4.16. The van der Waals surface area contributed by atoms with Gasteiger partial charge in [0.05, 0.1) is 18.7 Å². The third-order valence-corrected chi connectivity index (χ3v) is 1.84. The molecule has 0 saturated carbocycles. The molecule has 0 aliphatic carbocycles. The van der Waals surface area contributed by atoms with Gasteiger partial charge in [-0.2, -0.15) is 0 Å². The van der Waals surface area contributed by atoms with Crippen LogP contribution in [0, 0.1) is 0 Å². The van der Waals surface area contributed by atoms with Crippen molar-refractivity contribution in [2.24, 2.45) is 0 Å². The number of hydrogen-bond acceptors (Lipinski definition) is 3. The highest BCUT2D eigenvalue weighted by atomic mass is 35.5. The predicted octanol–water partition coefficient (Wildman–Crippen LogP) is 1.11. The number of ether oxygens (including phenoxy) is 1. The van der Waals surface area contributed by atoms with E-state index < -0.39 is 0 Å². The number of esters is 1. The Kier molecular flexibility index (Phi) is 3.17. The topological polar surface area (TPSA) is 29.5 Å². The molecule has 0 aromatic carbocycles. The summed E-state index contributed by atoms with van der Waals surface area (Å²) in [5, 5.41) is 0. The average Bonchev–Trinajstić information content (AvgIpc) is 2.17. The van der Waals surface area contributed by atoms with Gasteiger partial charge >= 0.3 is 5.97 Å². The first-order valence-electron chi connectivity index (χ1n) is 3.54. The third kappa shape index (κ3) is 2.01. The lowest BCUT2D eigenvalue weighted by molar-refractivity contribution is -0.135. The fourth-order valence-corrected chi connectivity index (χ4v) is 1.10. The minimum absolute atomic E-state index is 0.332. The molecule has 1 aliphatic rings. The maximum Gasteiger partial charge on any atom is 0.339 e. The fourth-order valence-electron chi connectivity index (χ4n) is 0.929. The van der Waals surface area contributed by atoms with Crippen LogP contribution in [-0.4, -0.2) is 30.5 Å². The van der Waals surface area contributed by atoms with Gasteiger partial charge in [0, 0.05) is 12.7 Å². The minimum Gasteiger partial charge on any atom is -0.465 e. The van der Waals surface area contributed by atoms with Crippen LogP contribution in [0.1, 0.15) is 0 Å². The second-order valence-corrected chi connectivity index (χ2v) is 2.61. The van der Waals surface area contributed by atoms with Gasteiger partial charge in [-0.15, -0.1) is 11.6 Å². The molecule has 1 rings (SSSR count). The summed E-state index contributed by atoms with van der Waals surface area (Å²) in [6.45, 7) is 0.740. The Bertz CT molecular complexity index is 235. The number of nitrogens with zero attached hydrogens (tertiary/aromatic N) is 1. The second-order valence-electron chi connectivity index (χ2n) is 2.37. The fraction of sp³-hybridized carbons (Fsp3) is 0.375. The molecule has 0 bridgehead atoms. The van der Waals surface area contributed by atoms with Gasteiger partial charge in [0.25, 0.3) is 0 Å². The van der Waals surface area contributed by atoms with E-state index in [1.165, 1.54) is 7.11 Å². The number of rotatable bonds is 2. The molecule has 4 heteroatoms. The van der Waals surface area contributed by atoms with Crippen LogP contribution in [-0.2, 0) is 9.53 Å². The van der Waals surface area contributed by atoms with Crippen molar-refractivity contribution in [2.45, 2.75) is 0 Å². The molecule has 0 aromatic rings. The van der Waals surface area contributed by atoms with E-state index in [0.29, 0.717) is 11.6 Å². The average molecular weight is 188 g/mol. The summed E-state index contributed by atoms with van der Waals surface area (Å²) in [7, 11) is 1.36. The zero-order valence-electron chi connectivity index (χ0n) is 6.79. The zero-order chi connectivity index (χ0) is 8.97. The summed E-state index contributed by atoms with van der Waals surface area (Å²) in [4.78, 5) is 12.8. The van der Waals surface area contributed by atoms with Crippen molar-refractivity contribution in [1.82, 2.24) is 4.90 Å². The van der Waals surface area contributed by atoms with E-state index in [2.05, 4.69) is 4.74 Å². The lowest BCUT2D eigenvalue weighted by Crippen LogP contribution is -2.20. The Morgan fingerprint density at radius 1 is 1.83 bits per heavy atom. The van der Waals surface area contributed by atoms with Gasteiger partial charge in [-0.05, 0) is 6.08 Å². The van der Waals surface area contributed by atoms with Gasteiger partial charge < -0.3 is 9.64 Å². The monoisotopic (exact) mass is 187 g/mol. The maximum atomic E-state index is 11.0. The number of carbonyl (C=O) groups is 1. The van der Waals surface area contributed by atoms with Gasteiger partial charge in [0.1, 0.15) is 0 Å². The number of methoxy groups -OCH3 is 1. The number of alkyl halides is 1. The van der Waals surface area contributed by atoms with Crippen molar-refractivity contribution < 1.29 is 9.53 Å². The molecule has 0 aromatic heterocycles. The highest BCUT2D eigenvalue weighted by molar-refractivity contribution is 6.17. The Morgan fingerprint density at radius 2 is 2.58 bits per heavy atom. The van der Waals surface area contributed by atoms with E-state index in [-0.39, 0.29) is 5.97 Å². The van der Waals surface area contributed by atoms with E-state index in [0.717, 1.165) is 6.54 Å². The summed E-state index contributed by atoms with van der Waals surface area (Å²) in [6.07, 6.45) is 5.29. The quantitative estimate of drug-likeness (QED) is 0.369. The van der Waals surface area contributed by atoms with Crippen LogP contribution in [0.3, 0.4) is 0 Å². The van der Waals surface area contributed by atoms with Crippen molar-refractivity contribution in [3.63, 3.8) is 0 Å². The number of carbonyl (C=O) groups excluding carboxylic acids is 1. The molecule has 0 N–H and O–H groups in total. The van der Waals surface area contributed by atoms with Crippen molar-refractivity contribution >= 4 is 17.6 Å². The largest absolute Gasteiger partial charge is 0.465 e. The van der Waals surface area contributed by atoms with Gasteiger partial charge in [-0.1, -0.05) is 6.08 Å². The van der Waals surface area contributed by atoms with Crippen molar-refractivity contribution in [3.8, 4) is 0 Å². The van der Waals surface area contributed by atoms with Gasteiger partial charge in [-0.3, -0.25) is 0 Å². The van der Waals surface area contributed by atoms with E-state index in [9.17, 15) is 4.79 Å². The highest BCUT2D eigenvalue weighted by Gasteiger charge is 2.10. The zero-order valence-corrected chi connectivity index (χ0v) is 7.54. The number of halogens is 1. The van der Waals surface area contributed by atoms with Gasteiger partial charge in [0.2, 0.25) is 0 Å². The molecular weight excluding hydrogens is 178 g/mol. The van der Waals surface area contributed by atoms with Gasteiger partial charge in [-0.25, -0.2) is 4.79 Å². The maximum absolute atomic E-state index is 11.0. The lowest BCUT2D eigenvalue weighted by Gasteiger charge is -2.18. The standard InChI is InChI=1S/C8H10ClNO2/c1-12-8(11)7-3-2-4-10(5-7)6-9/h2-3,5H,4,6H2,1H3. The summed E-state index contributed by atoms with van der Waals surface area (Å²) in [5.41, 5.74) is 0.532. The SMILES string of the molecule is COC(=O)C1=CN(CCl)CC=C1. The third-order valence-electron chi connectivity index (χ3n) is 1.53. The molecule has 0 atom stereocenters. The minimum atomic E-state index is -0.332. The molecule has 3 nitrogen and oxygen atoms in total. The first-order valence-corrected chi connectivity index (χ1v) is 4.08.